The number of anilines is 1. The van der Waals surface area contributed by atoms with Gasteiger partial charge >= 0.3 is 6.03 Å². The molecule has 90 valence electrons. The molecule has 1 aromatic rings. The molecule has 0 fully saturated rings. The average Bonchev–Trinajstić information content (AvgIpc) is 2.32. The number of hydrogen-bond acceptors (Lipinski definition) is 3. The Labute approximate surface area is 100 Å². The molecule has 0 aromatic heterocycles. The maximum atomic E-state index is 11.4. The number of methoxy groups -OCH3 is 1. The van der Waals surface area contributed by atoms with Crippen LogP contribution < -0.4 is 10.6 Å². The zero-order chi connectivity index (χ0) is 12.5. The fraction of sp³-hybridized carbons (Fsp3) is 0.333. The van der Waals surface area contributed by atoms with E-state index in [0.29, 0.717) is 25.3 Å². The van der Waals surface area contributed by atoms with Crippen molar-refractivity contribution in [1.82, 2.24) is 5.32 Å². The normalized spacial score (nSPS) is 9.41. The molecule has 0 bridgehead atoms. The van der Waals surface area contributed by atoms with Gasteiger partial charge in [0.15, 0.2) is 0 Å². The van der Waals surface area contributed by atoms with Crippen LogP contribution in [-0.4, -0.2) is 26.3 Å². The molecule has 2 amide bonds. The summed E-state index contributed by atoms with van der Waals surface area (Å²) in [5.74, 6) is 0. The van der Waals surface area contributed by atoms with Gasteiger partial charge in [0.1, 0.15) is 0 Å². The number of carbonyl (C=O) groups is 1. The van der Waals surface area contributed by atoms with Crippen molar-refractivity contribution in [2.24, 2.45) is 0 Å². The van der Waals surface area contributed by atoms with Gasteiger partial charge in [0.05, 0.1) is 19.1 Å². The van der Waals surface area contributed by atoms with Gasteiger partial charge in [-0.3, -0.25) is 0 Å². The molecule has 5 heteroatoms. The number of urea groups is 1. The number of hydrogen-bond donors (Lipinski definition) is 2. The molecule has 0 spiro atoms. The molecular weight excluding hydrogens is 218 g/mol. The minimum absolute atomic E-state index is 0.268. The van der Waals surface area contributed by atoms with Crippen LogP contribution in [0.25, 0.3) is 0 Å². The Bertz CT molecular complexity index is 395. The first-order chi connectivity index (χ1) is 8.26. The number of benzene rings is 1. The number of rotatable bonds is 5. The van der Waals surface area contributed by atoms with E-state index in [-0.39, 0.29) is 6.03 Å². The zero-order valence-electron chi connectivity index (χ0n) is 9.69. The third-order valence-corrected chi connectivity index (χ3v) is 2.09. The Morgan fingerprint density at radius 1 is 1.41 bits per heavy atom. The lowest BCUT2D eigenvalue weighted by Crippen LogP contribution is -2.31. The maximum Gasteiger partial charge on any atom is 0.319 e. The third-order valence-electron chi connectivity index (χ3n) is 2.09. The highest BCUT2D eigenvalue weighted by atomic mass is 16.5. The van der Waals surface area contributed by atoms with Crippen LogP contribution in [0.5, 0.6) is 0 Å². The largest absolute Gasteiger partial charge is 0.383 e. The number of nitrogens with zero attached hydrogens (tertiary/aromatic N) is 1. The van der Waals surface area contributed by atoms with Crippen LogP contribution in [0.4, 0.5) is 10.5 Å². The van der Waals surface area contributed by atoms with Gasteiger partial charge in [0.2, 0.25) is 0 Å². The van der Waals surface area contributed by atoms with Gasteiger partial charge in [-0.1, -0.05) is 12.1 Å². The quantitative estimate of drug-likeness (QED) is 0.757. The van der Waals surface area contributed by atoms with Crippen molar-refractivity contribution in [3.8, 4) is 6.07 Å². The van der Waals surface area contributed by atoms with E-state index in [4.69, 9.17) is 10.00 Å². The summed E-state index contributed by atoms with van der Waals surface area (Å²) in [4.78, 5) is 11.4. The van der Waals surface area contributed by atoms with Crippen LogP contribution in [0.3, 0.4) is 0 Å². The van der Waals surface area contributed by atoms with Crippen LogP contribution in [0, 0.1) is 11.3 Å². The minimum Gasteiger partial charge on any atom is -0.383 e. The van der Waals surface area contributed by atoms with Crippen molar-refractivity contribution >= 4 is 11.7 Å². The molecule has 2 N–H and O–H groups in total. The average molecular weight is 233 g/mol. The molecule has 0 unspecified atom stereocenters. The van der Waals surface area contributed by atoms with Gasteiger partial charge in [-0.15, -0.1) is 0 Å². The Hall–Kier alpha value is -2.06. The fourth-order valence-corrected chi connectivity index (χ4v) is 1.24. The minimum atomic E-state index is -0.268. The van der Waals surface area contributed by atoms with Crippen LogP contribution >= 0.6 is 0 Å². The summed E-state index contributed by atoms with van der Waals surface area (Å²) >= 11 is 0. The van der Waals surface area contributed by atoms with Crippen molar-refractivity contribution in [1.29, 1.82) is 5.26 Å². The van der Waals surface area contributed by atoms with Crippen molar-refractivity contribution in [2.75, 3.05) is 25.6 Å². The second kappa shape index (κ2) is 7.25. The molecule has 0 aliphatic carbocycles. The molecule has 0 atom stereocenters. The van der Waals surface area contributed by atoms with E-state index in [1.165, 1.54) is 0 Å². The summed E-state index contributed by atoms with van der Waals surface area (Å²) in [6.07, 6.45) is 0.375. The molecule has 0 radical (unpaired) electrons. The van der Waals surface area contributed by atoms with E-state index in [2.05, 4.69) is 16.7 Å². The summed E-state index contributed by atoms with van der Waals surface area (Å²) < 4.78 is 4.81. The van der Waals surface area contributed by atoms with E-state index >= 15 is 0 Å². The number of nitrogens with one attached hydrogen (secondary N) is 2. The van der Waals surface area contributed by atoms with Crippen LogP contribution in [-0.2, 0) is 11.2 Å². The van der Waals surface area contributed by atoms with Gasteiger partial charge < -0.3 is 15.4 Å². The highest BCUT2D eigenvalue weighted by Gasteiger charge is 2.00. The molecule has 0 saturated carbocycles. The molecule has 1 rings (SSSR count). The standard InChI is InChI=1S/C12H15N3O2/c1-17-9-8-14-12(16)15-11-4-2-10(3-5-11)6-7-13/h2-5H,6,8-9H2,1H3,(H2,14,15,16). The lowest BCUT2D eigenvalue weighted by molar-refractivity contribution is 0.198. The molecule has 0 aliphatic rings. The molecule has 5 nitrogen and oxygen atoms in total. The fourth-order valence-electron chi connectivity index (χ4n) is 1.24. The van der Waals surface area contributed by atoms with E-state index < -0.39 is 0 Å². The summed E-state index contributed by atoms with van der Waals surface area (Å²) in [6, 6.07) is 8.96. The predicted octanol–water partition coefficient (Wildman–Crippen LogP) is 1.52. The Balaban J connectivity index is 2.41. The number of amides is 2. The van der Waals surface area contributed by atoms with Gasteiger partial charge in [0.25, 0.3) is 0 Å². The van der Waals surface area contributed by atoms with Crippen molar-refractivity contribution in [3.05, 3.63) is 29.8 Å². The highest BCUT2D eigenvalue weighted by molar-refractivity contribution is 5.89. The Kier molecular flexibility index (Phi) is 5.55. The Morgan fingerprint density at radius 2 is 2.12 bits per heavy atom. The molecule has 0 aliphatic heterocycles. The van der Waals surface area contributed by atoms with E-state index in [1.807, 2.05) is 12.1 Å². The SMILES string of the molecule is COCCNC(=O)Nc1ccc(CC#N)cc1. The molecule has 0 heterocycles. The first-order valence-corrected chi connectivity index (χ1v) is 5.26. The summed E-state index contributed by atoms with van der Waals surface area (Å²) in [5, 5.41) is 13.8. The summed E-state index contributed by atoms with van der Waals surface area (Å²) in [7, 11) is 1.58. The molecule has 1 aromatic carbocycles. The zero-order valence-corrected chi connectivity index (χ0v) is 9.69. The topological polar surface area (TPSA) is 74.2 Å². The lowest BCUT2D eigenvalue weighted by atomic mass is 10.1. The van der Waals surface area contributed by atoms with Gasteiger partial charge in [-0.25, -0.2) is 4.79 Å². The Morgan fingerprint density at radius 3 is 2.71 bits per heavy atom. The monoisotopic (exact) mass is 233 g/mol. The van der Waals surface area contributed by atoms with E-state index in [0.717, 1.165) is 5.56 Å². The van der Waals surface area contributed by atoms with Gasteiger partial charge in [-0.05, 0) is 17.7 Å². The molecular formula is C12H15N3O2. The smallest absolute Gasteiger partial charge is 0.319 e. The first kappa shape index (κ1) is 13.0. The van der Waals surface area contributed by atoms with Gasteiger partial charge in [-0.2, -0.15) is 5.26 Å². The van der Waals surface area contributed by atoms with Gasteiger partial charge in [0, 0.05) is 19.3 Å². The van der Waals surface area contributed by atoms with E-state index in [1.54, 1.807) is 19.2 Å². The second-order valence-corrected chi connectivity index (χ2v) is 3.41. The lowest BCUT2D eigenvalue weighted by Gasteiger charge is -2.07. The predicted molar refractivity (Wildman–Crippen MR) is 64.7 cm³/mol. The van der Waals surface area contributed by atoms with Crippen LogP contribution in [0.1, 0.15) is 5.56 Å². The second-order valence-electron chi connectivity index (χ2n) is 3.41. The first-order valence-electron chi connectivity index (χ1n) is 5.26. The van der Waals surface area contributed by atoms with Crippen molar-refractivity contribution in [2.45, 2.75) is 6.42 Å². The van der Waals surface area contributed by atoms with Crippen LogP contribution in [0.15, 0.2) is 24.3 Å². The molecule has 17 heavy (non-hydrogen) atoms. The maximum absolute atomic E-state index is 11.4. The summed E-state index contributed by atoms with van der Waals surface area (Å²) in [6.45, 7) is 0.948. The number of ether oxygens (including phenoxy) is 1. The number of carbonyl (C=O) groups excluding carboxylic acids is 1. The van der Waals surface area contributed by atoms with Crippen molar-refractivity contribution in [3.63, 3.8) is 0 Å². The molecule has 0 saturated heterocycles. The summed E-state index contributed by atoms with van der Waals surface area (Å²) in [5.41, 5.74) is 1.62. The van der Waals surface area contributed by atoms with E-state index in [9.17, 15) is 4.79 Å². The van der Waals surface area contributed by atoms with Crippen LogP contribution in [0.2, 0.25) is 0 Å². The van der Waals surface area contributed by atoms with Crippen molar-refractivity contribution < 1.29 is 9.53 Å². The highest BCUT2D eigenvalue weighted by Crippen LogP contribution is 2.09. The third kappa shape index (κ3) is 5.00. The number of nitriles is 1.